The molecule has 2 aromatic carbocycles. The molecule has 3 aromatic rings. The second-order valence-electron chi connectivity index (χ2n) is 4.73. The van der Waals surface area contributed by atoms with Crippen LogP contribution in [0.15, 0.2) is 48.7 Å². The zero-order chi connectivity index (χ0) is 14.1. The zero-order valence-corrected chi connectivity index (χ0v) is 11.9. The normalized spacial score (nSPS) is 10.9. The zero-order valence-electron chi connectivity index (χ0n) is 11.1. The molecule has 0 fully saturated rings. The molecule has 0 aliphatic heterocycles. The smallest absolute Gasteiger partial charge is 0.138 e. The van der Waals surface area contributed by atoms with E-state index in [1.165, 1.54) is 0 Å². The molecule has 0 saturated heterocycles. The van der Waals surface area contributed by atoms with Crippen molar-refractivity contribution in [1.29, 1.82) is 0 Å². The number of benzene rings is 2. The molecule has 1 heterocycles. The predicted octanol–water partition coefficient (Wildman–Crippen LogP) is 3.99. The summed E-state index contributed by atoms with van der Waals surface area (Å²) in [6.45, 7) is 0.440. The maximum absolute atomic E-state index is 6.09. The van der Waals surface area contributed by atoms with Crippen molar-refractivity contribution in [3.8, 4) is 5.75 Å². The first-order valence-corrected chi connectivity index (χ1v) is 6.74. The Bertz CT molecular complexity index is 764. The number of para-hydroxylation sites is 1. The van der Waals surface area contributed by atoms with E-state index in [-0.39, 0.29) is 0 Å². The molecule has 0 radical (unpaired) electrons. The van der Waals surface area contributed by atoms with E-state index < -0.39 is 0 Å². The average Bonchev–Trinajstić information content (AvgIpc) is 2.76. The third kappa shape index (κ3) is 2.21. The van der Waals surface area contributed by atoms with Crippen molar-refractivity contribution < 1.29 is 4.74 Å². The first-order valence-electron chi connectivity index (χ1n) is 6.36. The fourth-order valence-electron chi connectivity index (χ4n) is 2.40. The van der Waals surface area contributed by atoms with E-state index in [2.05, 4.69) is 4.57 Å². The molecule has 0 amide bonds. The summed E-state index contributed by atoms with van der Waals surface area (Å²) in [7, 11) is 2.00. The maximum Gasteiger partial charge on any atom is 0.138 e. The van der Waals surface area contributed by atoms with Crippen LogP contribution in [0.3, 0.4) is 0 Å². The molecule has 0 atom stereocenters. The summed E-state index contributed by atoms with van der Waals surface area (Å²) >= 11 is 6.09. The SMILES string of the molecule is Cn1cc(COc2ccccc2Cl)c2c(N)cccc21. The van der Waals surface area contributed by atoms with Gasteiger partial charge in [-0.3, -0.25) is 0 Å². The highest BCUT2D eigenvalue weighted by molar-refractivity contribution is 6.32. The van der Waals surface area contributed by atoms with E-state index >= 15 is 0 Å². The number of ether oxygens (including phenoxy) is 1. The molecule has 0 spiro atoms. The van der Waals surface area contributed by atoms with Crippen molar-refractivity contribution in [1.82, 2.24) is 4.57 Å². The number of hydrogen-bond donors (Lipinski definition) is 1. The number of halogens is 1. The molecule has 3 rings (SSSR count). The fourth-order valence-corrected chi connectivity index (χ4v) is 2.59. The van der Waals surface area contributed by atoms with Crippen molar-refractivity contribution in [3.63, 3.8) is 0 Å². The van der Waals surface area contributed by atoms with Crippen molar-refractivity contribution in [3.05, 3.63) is 59.2 Å². The third-order valence-electron chi connectivity index (χ3n) is 3.35. The van der Waals surface area contributed by atoms with Gasteiger partial charge in [0.1, 0.15) is 12.4 Å². The first kappa shape index (κ1) is 12.9. The Labute approximate surface area is 122 Å². The standard InChI is InChI=1S/C16H15ClN2O/c1-19-9-11(16-13(18)6-4-7-14(16)19)10-20-15-8-3-2-5-12(15)17/h2-9H,10,18H2,1H3. The van der Waals surface area contributed by atoms with Gasteiger partial charge in [0.2, 0.25) is 0 Å². The van der Waals surface area contributed by atoms with Crippen LogP contribution in [-0.2, 0) is 13.7 Å². The van der Waals surface area contributed by atoms with Gasteiger partial charge in [-0.1, -0.05) is 29.8 Å². The monoisotopic (exact) mass is 286 g/mol. The minimum atomic E-state index is 0.440. The summed E-state index contributed by atoms with van der Waals surface area (Å²) in [6, 6.07) is 13.4. The number of hydrogen-bond acceptors (Lipinski definition) is 2. The summed E-state index contributed by atoms with van der Waals surface area (Å²) in [6.07, 6.45) is 2.04. The number of aromatic nitrogens is 1. The summed E-state index contributed by atoms with van der Waals surface area (Å²) in [5.41, 5.74) is 8.99. The number of aryl methyl sites for hydroxylation is 1. The lowest BCUT2D eigenvalue weighted by atomic mass is 10.1. The minimum absolute atomic E-state index is 0.440. The highest BCUT2D eigenvalue weighted by atomic mass is 35.5. The van der Waals surface area contributed by atoms with Gasteiger partial charge in [-0.05, 0) is 24.3 Å². The summed E-state index contributed by atoms with van der Waals surface area (Å²) < 4.78 is 7.85. The molecular weight excluding hydrogens is 272 g/mol. The molecule has 0 aliphatic carbocycles. The van der Waals surface area contributed by atoms with Crippen LogP contribution in [0.5, 0.6) is 5.75 Å². The van der Waals surface area contributed by atoms with Crippen LogP contribution >= 0.6 is 11.6 Å². The van der Waals surface area contributed by atoms with Gasteiger partial charge in [-0.25, -0.2) is 0 Å². The Morgan fingerprint density at radius 3 is 2.75 bits per heavy atom. The van der Waals surface area contributed by atoms with Gasteiger partial charge in [-0.2, -0.15) is 0 Å². The molecule has 0 bridgehead atoms. The van der Waals surface area contributed by atoms with Crippen LogP contribution < -0.4 is 10.5 Å². The first-order chi connectivity index (χ1) is 9.66. The average molecular weight is 287 g/mol. The Balaban J connectivity index is 1.94. The number of rotatable bonds is 3. The second-order valence-corrected chi connectivity index (χ2v) is 5.13. The highest BCUT2D eigenvalue weighted by Gasteiger charge is 2.10. The van der Waals surface area contributed by atoms with E-state index in [9.17, 15) is 0 Å². The topological polar surface area (TPSA) is 40.2 Å². The van der Waals surface area contributed by atoms with Crippen molar-refractivity contribution in [2.45, 2.75) is 6.61 Å². The lowest BCUT2D eigenvalue weighted by Crippen LogP contribution is -1.96. The number of fused-ring (bicyclic) bond motifs is 1. The van der Waals surface area contributed by atoms with Gasteiger partial charge >= 0.3 is 0 Å². The molecule has 0 unspecified atom stereocenters. The van der Waals surface area contributed by atoms with Crippen molar-refractivity contribution >= 4 is 28.2 Å². The van der Waals surface area contributed by atoms with Crippen molar-refractivity contribution in [2.75, 3.05) is 5.73 Å². The van der Waals surface area contributed by atoms with Crippen molar-refractivity contribution in [2.24, 2.45) is 7.05 Å². The maximum atomic E-state index is 6.09. The summed E-state index contributed by atoms with van der Waals surface area (Å²) in [5, 5.41) is 1.66. The van der Waals surface area contributed by atoms with Crippen LogP contribution in [0.4, 0.5) is 5.69 Å². The number of nitrogen functional groups attached to an aromatic ring is 1. The van der Waals surface area contributed by atoms with Crippen LogP contribution in [-0.4, -0.2) is 4.57 Å². The van der Waals surface area contributed by atoms with Crippen LogP contribution in [0.25, 0.3) is 10.9 Å². The molecule has 4 heteroatoms. The molecule has 102 valence electrons. The van der Waals surface area contributed by atoms with Gasteiger partial charge in [0.15, 0.2) is 0 Å². The third-order valence-corrected chi connectivity index (χ3v) is 3.66. The van der Waals surface area contributed by atoms with Gasteiger partial charge in [0.05, 0.1) is 10.5 Å². The van der Waals surface area contributed by atoms with E-state index in [0.717, 1.165) is 22.2 Å². The Morgan fingerprint density at radius 1 is 1.15 bits per heavy atom. The quantitative estimate of drug-likeness (QED) is 0.740. The number of nitrogens with zero attached hydrogens (tertiary/aromatic N) is 1. The Kier molecular flexibility index (Phi) is 3.28. The molecule has 3 nitrogen and oxygen atoms in total. The lowest BCUT2D eigenvalue weighted by molar-refractivity contribution is 0.307. The van der Waals surface area contributed by atoms with E-state index in [0.29, 0.717) is 17.4 Å². The second kappa shape index (κ2) is 5.10. The van der Waals surface area contributed by atoms with Gasteiger partial charge in [0.25, 0.3) is 0 Å². The Hall–Kier alpha value is -2.13. The minimum Gasteiger partial charge on any atom is -0.487 e. The Morgan fingerprint density at radius 2 is 1.95 bits per heavy atom. The molecular formula is C16H15ClN2O. The van der Waals surface area contributed by atoms with Crippen LogP contribution in [0.2, 0.25) is 5.02 Å². The highest BCUT2D eigenvalue weighted by Crippen LogP contribution is 2.29. The molecule has 2 N–H and O–H groups in total. The lowest BCUT2D eigenvalue weighted by Gasteiger charge is -2.07. The molecule has 0 saturated carbocycles. The molecule has 0 aliphatic rings. The van der Waals surface area contributed by atoms with Gasteiger partial charge in [-0.15, -0.1) is 0 Å². The van der Waals surface area contributed by atoms with Gasteiger partial charge < -0.3 is 15.0 Å². The van der Waals surface area contributed by atoms with E-state index in [1.54, 1.807) is 0 Å². The van der Waals surface area contributed by atoms with Crippen LogP contribution in [0.1, 0.15) is 5.56 Å². The number of anilines is 1. The van der Waals surface area contributed by atoms with E-state index in [1.807, 2.05) is 55.7 Å². The van der Waals surface area contributed by atoms with Gasteiger partial charge in [0, 0.05) is 29.9 Å². The molecule has 20 heavy (non-hydrogen) atoms. The summed E-state index contributed by atoms with van der Waals surface area (Å²) in [4.78, 5) is 0. The van der Waals surface area contributed by atoms with Crippen LogP contribution in [0, 0.1) is 0 Å². The number of nitrogens with two attached hydrogens (primary N) is 1. The fraction of sp³-hybridized carbons (Fsp3) is 0.125. The predicted molar refractivity (Wildman–Crippen MR) is 83.1 cm³/mol. The largest absolute Gasteiger partial charge is 0.487 e. The summed E-state index contributed by atoms with van der Waals surface area (Å²) in [5.74, 6) is 0.681. The van der Waals surface area contributed by atoms with E-state index in [4.69, 9.17) is 22.1 Å². The molecule has 1 aromatic heterocycles.